The molecule has 0 aliphatic carbocycles. The lowest BCUT2D eigenvalue weighted by Crippen LogP contribution is -2.25. The Morgan fingerprint density at radius 3 is 2.82 bits per heavy atom. The first-order valence-corrected chi connectivity index (χ1v) is 5.91. The summed E-state index contributed by atoms with van der Waals surface area (Å²) < 4.78 is 0. The van der Waals surface area contributed by atoms with E-state index < -0.39 is 0 Å². The number of nitrogens with one attached hydrogen (secondary N) is 1. The fourth-order valence-corrected chi connectivity index (χ4v) is 1.53. The fraction of sp³-hybridized carbons (Fsp3) is 0.462. The van der Waals surface area contributed by atoms with E-state index >= 15 is 0 Å². The van der Waals surface area contributed by atoms with Crippen LogP contribution in [0.25, 0.3) is 0 Å². The van der Waals surface area contributed by atoms with Crippen molar-refractivity contribution in [3.8, 4) is 5.75 Å². The maximum absolute atomic E-state index is 11.7. The van der Waals surface area contributed by atoms with Crippen molar-refractivity contribution in [2.24, 2.45) is 11.7 Å². The molecule has 1 aromatic rings. The molecule has 94 valence electrons. The van der Waals surface area contributed by atoms with E-state index in [2.05, 4.69) is 12.2 Å². The summed E-state index contributed by atoms with van der Waals surface area (Å²) in [7, 11) is 0. The SMILES string of the molecule is CC(CN)CCCNC(=O)c1ccccc1O. The Morgan fingerprint density at radius 2 is 2.18 bits per heavy atom. The van der Waals surface area contributed by atoms with Crippen molar-refractivity contribution in [2.45, 2.75) is 19.8 Å². The molecule has 0 aromatic heterocycles. The van der Waals surface area contributed by atoms with Crippen LogP contribution in [0, 0.1) is 5.92 Å². The van der Waals surface area contributed by atoms with Gasteiger partial charge in [-0.2, -0.15) is 0 Å². The Labute approximate surface area is 102 Å². The van der Waals surface area contributed by atoms with Gasteiger partial charge >= 0.3 is 0 Å². The molecule has 1 rings (SSSR count). The first-order valence-electron chi connectivity index (χ1n) is 5.91. The highest BCUT2D eigenvalue weighted by Gasteiger charge is 2.09. The van der Waals surface area contributed by atoms with E-state index in [1.807, 2.05) is 0 Å². The van der Waals surface area contributed by atoms with Crippen molar-refractivity contribution < 1.29 is 9.90 Å². The van der Waals surface area contributed by atoms with Crippen LogP contribution in [-0.2, 0) is 0 Å². The number of rotatable bonds is 6. The van der Waals surface area contributed by atoms with Gasteiger partial charge in [0.05, 0.1) is 5.56 Å². The molecule has 0 fully saturated rings. The number of hydrogen-bond donors (Lipinski definition) is 3. The molecular formula is C13H20N2O2. The molecular weight excluding hydrogens is 216 g/mol. The number of carbonyl (C=O) groups excluding carboxylic acids is 1. The number of aromatic hydroxyl groups is 1. The molecule has 1 unspecified atom stereocenters. The lowest BCUT2D eigenvalue weighted by molar-refractivity contribution is 0.0950. The second-order valence-electron chi connectivity index (χ2n) is 4.26. The van der Waals surface area contributed by atoms with Gasteiger partial charge in [-0.15, -0.1) is 0 Å². The molecule has 4 nitrogen and oxygen atoms in total. The molecule has 0 heterocycles. The summed E-state index contributed by atoms with van der Waals surface area (Å²) >= 11 is 0. The zero-order valence-corrected chi connectivity index (χ0v) is 10.1. The van der Waals surface area contributed by atoms with Crippen molar-refractivity contribution in [3.63, 3.8) is 0 Å². The fourth-order valence-electron chi connectivity index (χ4n) is 1.53. The third-order valence-corrected chi connectivity index (χ3v) is 2.71. The van der Waals surface area contributed by atoms with Gasteiger partial charge in [-0.3, -0.25) is 4.79 Å². The average Bonchev–Trinajstić information content (AvgIpc) is 2.34. The summed E-state index contributed by atoms with van der Waals surface area (Å²) in [6.07, 6.45) is 1.90. The van der Waals surface area contributed by atoms with E-state index in [1.165, 1.54) is 6.07 Å². The second kappa shape index (κ2) is 6.91. The van der Waals surface area contributed by atoms with E-state index in [-0.39, 0.29) is 11.7 Å². The van der Waals surface area contributed by atoms with Gasteiger partial charge in [-0.05, 0) is 37.4 Å². The van der Waals surface area contributed by atoms with E-state index in [0.717, 1.165) is 12.8 Å². The summed E-state index contributed by atoms with van der Waals surface area (Å²) in [5, 5.41) is 12.3. The molecule has 0 radical (unpaired) electrons. The third kappa shape index (κ3) is 4.44. The summed E-state index contributed by atoms with van der Waals surface area (Å²) in [6.45, 7) is 3.37. The largest absolute Gasteiger partial charge is 0.507 e. The summed E-state index contributed by atoms with van der Waals surface area (Å²) in [5.74, 6) is 0.265. The van der Waals surface area contributed by atoms with Crippen LogP contribution in [0.3, 0.4) is 0 Å². The van der Waals surface area contributed by atoms with Crippen LogP contribution in [0.4, 0.5) is 0 Å². The van der Waals surface area contributed by atoms with Gasteiger partial charge in [0.1, 0.15) is 5.75 Å². The van der Waals surface area contributed by atoms with Gasteiger partial charge in [-0.1, -0.05) is 19.1 Å². The molecule has 0 bridgehead atoms. The molecule has 0 spiro atoms. The first-order chi connectivity index (χ1) is 8.15. The molecule has 1 atom stereocenters. The van der Waals surface area contributed by atoms with Crippen LogP contribution >= 0.6 is 0 Å². The predicted octanol–water partition coefficient (Wildman–Crippen LogP) is 1.50. The maximum Gasteiger partial charge on any atom is 0.255 e. The van der Waals surface area contributed by atoms with Crippen LogP contribution in [0.1, 0.15) is 30.1 Å². The lowest BCUT2D eigenvalue weighted by atomic mass is 10.1. The Hall–Kier alpha value is -1.55. The van der Waals surface area contributed by atoms with Crippen molar-refractivity contribution >= 4 is 5.91 Å². The number of nitrogens with two attached hydrogens (primary N) is 1. The molecule has 1 amide bonds. The minimum absolute atomic E-state index is 0.0142. The minimum atomic E-state index is -0.233. The highest BCUT2D eigenvalue weighted by Crippen LogP contribution is 2.14. The van der Waals surface area contributed by atoms with Gasteiger partial charge in [-0.25, -0.2) is 0 Å². The Bertz CT molecular complexity index is 366. The summed E-state index contributed by atoms with van der Waals surface area (Å²) in [5.41, 5.74) is 5.82. The van der Waals surface area contributed by atoms with Crippen LogP contribution in [0.15, 0.2) is 24.3 Å². The van der Waals surface area contributed by atoms with E-state index in [4.69, 9.17) is 5.73 Å². The lowest BCUT2D eigenvalue weighted by Gasteiger charge is -2.09. The monoisotopic (exact) mass is 236 g/mol. The molecule has 0 aliphatic rings. The third-order valence-electron chi connectivity index (χ3n) is 2.71. The number of amides is 1. The number of hydrogen-bond acceptors (Lipinski definition) is 3. The molecule has 4 N–H and O–H groups in total. The molecule has 0 saturated carbocycles. The summed E-state index contributed by atoms with van der Waals surface area (Å²) in [6, 6.07) is 6.53. The smallest absolute Gasteiger partial charge is 0.255 e. The molecule has 1 aromatic carbocycles. The standard InChI is InChI=1S/C13H20N2O2/c1-10(9-14)5-4-8-15-13(17)11-6-2-3-7-12(11)16/h2-3,6-7,10,16H,4-5,8-9,14H2,1H3,(H,15,17). The van der Waals surface area contributed by atoms with Gasteiger partial charge in [0.2, 0.25) is 0 Å². The maximum atomic E-state index is 11.7. The van der Waals surface area contributed by atoms with Gasteiger partial charge in [0, 0.05) is 6.54 Å². The quantitative estimate of drug-likeness (QED) is 0.655. The van der Waals surface area contributed by atoms with Crippen molar-refractivity contribution in [2.75, 3.05) is 13.1 Å². The van der Waals surface area contributed by atoms with Crippen molar-refractivity contribution in [3.05, 3.63) is 29.8 Å². The highest BCUT2D eigenvalue weighted by atomic mass is 16.3. The molecule has 4 heteroatoms. The Morgan fingerprint density at radius 1 is 1.47 bits per heavy atom. The van der Waals surface area contributed by atoms with Crippen LogP contribution in [0.2, 0.25) is 0 Å². The topological polar surface area (TPSA) is 75.3 Å². The van der Waals surface area contributed by atoms with Crippen LogP contribution < -0.4 is 11.1 Å². The van der Waals surface area contributed by atoms with E-state index in [9.17, 15) is 9.90 Å². The van der Waals surface area contributed by atoms with Gasteiger partial charge < -0.3 is 16.2 Å². The number of carbonyl (C=O) groups is 1. The number of phenols is 1. The zero-order chi connectivity index (χ0) is 12.7. The number of para-hydroxylation sites is 1. The molecule has 0 saturated heterocycles. The first kappa shape index (κ1) is 13.5. The number of benzene rings is 1. The normalized spacial score (nSPS) is 12.1. The minimum Gasteiger partial charge on any atom is -0.507 e. The van der Waals surface area contributed by atoms with E-state index in [1.54, 1.807) is 18.2 Å². The van der Waals surface area contributed by atoms with Gasteiger partial charge in [0.25, 0.3) is 5.91 Å². The van der Waals surface area contributed by atoms with Crippen molar-refractivity contribution in [1.82, 2.24) is 5.32 Å². The summed E-state index contributed by atoms with van der Waals surface area (Å²) in [4.78, 5) is 11.7. The van der Waals surface area contributed by atoms with Crippen molar-refractivity contribution in [1.29, 1.82) is 0 Å². The predicted molar refractivity (Wildman–Crippen MR) is 67.9 cm³/mol. The average molecular weight is 236 g/mol. The Kier molecular flexibility index (Phi) is 5.49. The van der Waals surface area contributed by atoms with Gasteiger partial charge in [0.15, 0.2) is 0 Å². The second-order valence-corrected chi connectivity index (χ2v) is 4.26. The molecule has 0 aliphatic heterocycles. The Balaban J connectivity index is 2.33. The van der Waals surface area contributed by atoms with Crippen LogP contribution in [0.5, 0.6) is 5.75 Å². The highest BCUT2D eigenvalue weighted by molar-refractivity contribution is 5.96. The van der Waals surface area contributed by atoms with Crippen LogP contribution in [-0.4, -0.2) is 24.1 Å². The zero-order valence-electron chi connectivity index (χ0n) is 10.1. The molecule has 17 heavy (non-hydrogen) atoms. The van der Waals surface area contributed by atoms with E-state index in [0.29, 0.717) is 24.6 Å². The number of phenolic OH excluding ortho intramolecular Hbond substituents is 1.